The predicted octanol–water partition coefficient (Wildman–Crippen LogP) is 3.29. The number of ether oxygens (including phenoxy) is 3. The summed E-state index contributed by atoms with van der Waals surface area (Å²) in [5.74, 6) is 0.242. The first-order valence-electron chi connectivity index (χ1n) is 9.23. The van der Waals surface area contributed by atoms with Crippen LogP contribution < -0.4 is 14.4 Å². The summed E-state index contributed by atoms with van der Waals surface area (Å²) in [7, 11) is 0. The lowest BCUT2D eigenvalue weighted by molar-refractivity contribution is -0.157. The van der Waals surface area contributed by atoms with E-state index in [9.17, 15) is 9.59 Å². The number of fused-ring (bicyclic) bond motifs is 2. The molecule has 0 aliphatic carbocycles. The number of carbonyl (C=O) groups excluding carboxylic acids is 2. The molecule has 2 aliphatic heterocycles. The molecule has 0 saturated carbocycles. The summed E-state index contributed by atoms with van der Waals surface area (Å²) in [6, 6.07) is 14.9. The number of amides is 1. The SMILES string of the molecule is C[C@H]1CCN(C(=O)COC(=O)[C@H]2COc3ccccc3O2)c2ccccc2S1. The van der Waals surface area contributed by atoms with E-state index >= 15 is 0 Å². The Morgan fingerprint density at radius 2 is 1.89 bits per heavy atom. The van der Waals surface area contributed by atoms with Gasteiger partial charge in [0.05, 0.1) is 5.69 Å². The minimum atomic E-state index is -0.880. The molecule has 28 heavy (non-hydrogen) atoms. The number of rotatable bonds is 3. The maximum atomic E-state index is 12.8. The molecular formula is C21H21NO5S. The van der Waals surface area contributed by atoms with Crippen molar-refractivity contribution in [2.24, 2.45) is 0 Å². The fraction of sp³-hybridized carbons (Fsp3) is 0.333. The van der Waals surface area contributed by atoms with Gasteiger partial charge in [-0.15, -0.1) is 11.8 Å². The van der Waals surface area contributed by atoms with Crippen LogP contribution in [0.4, 0.5) is 5.69 Å². The number of para-hydroxylation sites is 3. The van der Waals surface area contributed by atoms with Gasteiger partial charge in [0, 0.05) is 16.7 Å². The lowest BCUT2D eigenvalue weighted by Crippen LogP contribution is -2.41. The van der Waals surface area contributed by atoms with E-state index < -0.39 is 12.1 Å². The van der Waals surface area contributed by atoms with Crippen LogP contribution in [0.5, 0.6) is 11.5 Å². The van der Waals surface area contributed by atoms with Gasteiger partial charge in [-0.25, -0.2) is 4.79 Å². The molecule has 6 nitrogen and oxygen atoms in total. The minimum Gasteiger partial charge on any atom is -0.485 e. The van der Waals surface area contributed by atoms with Gasteiger partial charge in [0.25, 0.3) is 5.91 Å². The number of anilines is 1. The summed E-state index contributed by atoms with van der Waals surface area (Å²) in [4.78, 5) is 27.9. The lowest BCUT2D eigenvalue weighted by atomic mass is 10.2. The Morgan fingerprint density at radius 3 is 2.75 bits per heavy atom. The zero-order chi connectivity index (χ0) is 19.5. The number of esters is 1. The molecule has 4 rings (SSSR count). The standard InChI is InChI=1S/C21H21NO5S/c1-14-10-11-22(15-6-2-5-9-19(15)28-14)20(23)13-26-21(24)18-12-25-16-7-3-4-8-17(16)27-18/h2-9,14,18H,10-13H2,1H3/t14-,18+/m0/s1. The maximum Gasteiger partial charge on any atom is 0.351 e. The van der Waals surface area contributed by atoms with Crippen LogP contribution in [-0.2, 0) is 14.3 Å². The van der Waals surface area contributed by atoms with Gasteiger partial charge in [-0.3, -0.25) is 4.79 Å². The van der Waals surface area contributed by atoms with Gasteiger partial charge in [0.2, 0.25) is 6.10 Å². The van der Waals surface area contributed by atoms with Crippen molar-refractivity contribution in [2.45, 2.75) is 29.6 Å². The van der Waals surface area contributed by atoms with E-state index in [1.54, 1.807) is 34.9 Å². The zero-order valence-corrected chi connectivity index (χ0v) is 16.3. The molecule has 2 aliphatic rings. The quantitative estimate of drug-likeness (QED) is 0.738. The molecule has 0 aromatic heterocycles. The minimum absolute atomic E-state index is 0.0603. The van der Waals surface area contributed by atoms with E-state index in [1.165, 1.54) is 0 Å². The van der Waals surface area contributed by atoms with E-state index in [4.69, 9.17) is 14.2 Å². The van der Waals surface area contributed by atoms with E-state index in [0.717, 1.165) is 17.0 Å². The molecule has 1 amide bonds. The monoisotopic (exact) mass is 399 g/mol. The highest BCUT2D eigenvalue weighted by atomic mass is 32.2. The first-order chi connectivity index (χ1) is 13.6. The summed E-state index contributed by atoms with van der Waals surface area (Å²) in [5, 5.41) is 0.411. The summed E-state index contributed by atoms with van der Waals surface area (Å²) < 4.78 is 16.4. The average Bonchev–Trinajstić information content (AvgIpc) is 2.89. The predicted molar refractivity (Wildman–Crippen MR) is 106 cm³/mol. The third kappa shape index (κ3) is 3.94. The summed E-state index contributed by atoms with van der Waals surface area (Å²) in [5.41, 5.74) is 0.865. The van der Waals surface area contributed by atoms with Crippen molar-refractivity contribution in [3.05, 3.63) is 48.5 Å². The zero-order valence-electron chi connectivity index (χ0n) is 15.5. The van der Waals surface area contributed by atoms with Crippen LogP contribution >= 0.6 is 11.8 Å². The van der Waals surface area contributed by atoms with Crippen molar-refractivity contribution < 1.29 is 23.8 Å². The highest BCUT2D eigenvalue weighted by molar-refractivity contribution is 8.00. The summed E-state index contributed by atoms with van der Waals surface area (Å²) in [6.07, 6.45) is -0.00948. The Morgan fingerprint density at radius 1 is 1.14 bits per heavy atom. The van der Waals surface area contributed by atoms with E-state index in [0.29, 0.717) is 23.3 Å². The first kappa shape index (κ1) is 18.7. The smallest absolute Gasteiger partial charge is 0.351 e. The Kier molecular flexibility index (Phi) is 5.43. The van der Waals surface area contributed by atoms with Crippen molar-refractivity contribution >= 4 is 29.3 Å². The van der Waals surface area contributed by atoms with E-state index in [-0.39, 0.29) is 19.1 Å². The van der Waals surface area contributed by atoms with Gasteiger partial charge in [-0.2, -0.15) is 0 Å². The number of hydrogen-bond donors (Lipinski definition) is 0. The number of thioether (sulfide) groups is 1. The Hall–Kier alpha value is -2.67. The normalized spacial score (nSPS) is 20.7. The second kappa shape index (κ2) is 8.14. The summed E-state index contributed by atoms with van der Waals surface area (Å²) >= 11 is 1.76. The molecule has 7 heteroatoms. The van der Waals surface area contributed by atoms with Gasteiger partial charge < -0.3 is 19.1 Å². The molecule has 2 atom stereocenters. The molecule has 146 valence electrons. The molecule has 0 unspecified atom stereocenters. The molecule has 0 N–H and O–H groups in total. The van der Waals surface area contributed by atoms with Crippen LogP contribution in [0.1, 0.15) is 13.3 Å². The summed E-state index contributed by atoms with van der Waals surface area (Å²) in [6.45, 7) is 2.48. The van der Waals surface area contributed by atoms with Crippen molar-refractivity contribution in [1.82, 2.24) is 0 Å². The van der Waals surface area contributed by atoms with E-state index in [1.807, 2.05) is 30.3 Å². The third-order valence-electron chi connectivity index (χ3n) is 4.65. The number of nitrogens with zero attached hydrogens (tertiary/aromatic N) is 1. The number of hydrogen-bond acceptors (Lipinski definition) is 6. The largest absolute Gasteiger partial charge is 0.485 e. The molecule has 2 heterocycles. The average molecular weight is 399 g/mol. The number of carbonyl (C=O) groups is 2. The highest BCUT2D eigenvalue weighted by Crippen LogP contribution is 2.37. The molecule has 0 spiro atoms. The fourth-order valence-corrected chi connectivity index (χ4v) is 4.30. The molecular weight excluding hydrogens is 378 g/mol. The van der Waals surface area contributed by atoms with Crippen LogP contribution in [0.25, 0.3) is 0 Å². The van der Waals surface area contributed by atoms with Gasteiger partial charge in [-0.05, 0) is 30.7 Å². The van der Waals surface area contributed by atoms with Crippen LogP contribution in [-0.4, -0.2) is 43.0 Å². The first-order valence-corrected chi connectivity index (χ1v) is 10.1. The van der Waals surface area contributed by atoms with Gasteiger partial charge in [-0.1, -0.05) is 31.2 Å². The number of benzene rings is 2. The fourth-order valence-electron chi connectivity index (χ4n) is 3.19. The van der Waals surface area contributed by atoms with Crippen LogP contribution in [0, 0.1) is 0 Å². The second-order valence-electron chi connectivity index (χ2n) is 6.70. The van der Waals surface area contributed by atoms with Gasteiger partial charge >= 0.3 is 5.97 Å². The maximum absolute atomic E-state index is 12.8. The topological polar surface area (TPSA) is 65.1 Å². The molecule has 0 bridgehead atoms. The van der Waals surface area contributed by atoms with Crippen molar-refractivity contribution in [2.75, 3.05) is 24.7 Å². The van der Waals surface area contributed by atoms with Crippen molar-refractivity contribution in [1.29, 1.82) is 0 Å². The van der Waals surface area contributed by atoms with Crippen LogP contribution in [0.2, 0.25) is 0 Å². The molecule has 2 aromatic rings. The highest BCUT2D eigenvalue weighted by Gasteiger charge is 2.30. The molecule has 0 radical (unpaired) electrons. The Bertz CT molecular complexity index is 887. The van der Waals surface area contributed by atoms with Crippen molar-refractivity contribution in [3.8, 4) is 11.5 Å². The molecule has 0 saturated heterocycles. The van der Waals surface area contributed by atoms with Gasteiger partial charge in [0.15, 0.2) is 18.1 Å². The second-order valence-corrected chi connectivity index (χ2v) is 8.18. The van der Waals surface area contributed by atoms with Crippen LogP contribution in [0.3, 0.4) is 0 Å². The molecule has 2 aromatic carbocycles. The lowest BCUT2D eigenvalue weighted by Gasteiger charge is -2.26. The van der Waals surface area contributed by atoms with Crippen LogP contribution in [0.15, 0.2) is 53.4 Å². The Balaban J connectivity index is 1.39. The molecule has 0 fully saturated rings. The van der Waals surface area contributed by atoms with Gasteiger partial charge in [0.1, 0.15) is 6.61 Å². The third-order valence-corrected chi connectivity index (χ3v) is 5.89. The Labute approximate surface area is 167 Å². The van der Waals surface area contributed by atoms with E-state index in [2.05, 4.69) is 6.92 Å². The van der Waals surface area contributed by atoms with Crippen molar-refractivity contribution in [3.63, 3.8) is 0 Å².